The summed E-state index contributed by atoms with van der Waals surface area (Å²) in [5, 5.41) is 13.2. The van der Waals surface area contributed by atoms with E-state index >= 15 is 0 Å². The number of halogens is 2. The third kappa shape index (κ3) is 4.04. The van der Waals surface area contributed by atoms with Gasteiger partial charge in [-0.15, -0.1) is 0 Å². The van der Waals surface area contributed by atoms with Crippen molar-refractivity contribution in [2.75, 3.05) is 34.4 Å². The lowest BCUT2D eigenvalue weighted by molar-refractivity contribution is -0.140. The number of carbonyl (C=O) groups is 2. The number of fused-ring (bicyclic) bond motifs is 2. The van der Waals surface area contributed by atoms with Crippen LogP contribution in [-0.4, -0.2) is 66.7 Å². The highest BCUT2D eigenvalue weighted by Crippen LogP contribution is 2.49. The van der Waals surface area contributed by atoms with E-state index in [1.807, 2.05) is 0 Å². The summed E-state index contributed by atoms with van der Waals surface area (Å²) in [4.78, 5) is 29.0. The molecule has 1 aromatic carbocycles. The van der Waals surface area contributed by atoms with E-state index in [1.165, 1.54) is 19.2 Å². The molecule has 1 aromatic rings. The summed E-state index contributed by atoms with van der Waals surface area (Å²) in [6, 6.07) is 3.02. The molecular weight excluding hydrogens is 453 g/mol. The largest absolute Gasteiger partial charge is 0.510 e. The van der Waals surface area contributed by atoms with Crippen molar-refractivity contribution in [3.63, 3.8) is 0 Å². The zero-order valence-corrected chi connectivity index (χ0v) is 19.5. The van der Waals surface area contributed by atoms with E-state index in [1.54, 1.807) is 30.2 Å². The molecule has 2 fully saturated rings. The number of ether oxygens (including phenoxy) is 2. The van der Waals surface area contributed by atoms with Crippen LogP contribution in [0.5, 0.6) is 5.75 Å². The average molecular weight is 480 g/mol. The summed E-state index contributed by atoms with van der Waals surface area (Å²) in [7, 11) is 4.76. The van der Waals surface area contributed by atoms with Crippen molar-refractivity contribution >= 4 is 23.4 Å². The van der Waals surface area contributed by atoms with E-state index in [4.69, 9.17) is 21.1 Å². The first-order valence-electron chi connectivity index (χ1n) is 10.7. The molecule has 1 saturated heterocycles. The molecule has 0 atom stereocenters. The smallest absolute Gasteiger partial charge is 0.273 e. The van der Waals surface area contributed by atoms with Crippen LogP contribution in [0.1, 0.15) is 24.8 Å². The molecule has 1 saturated carbocycles. The summed E-state index contributed by atoms with van der Waals surface area (Å²) >= 11 is 5.96. The number of nitrogens with one attached hydrogen (secondary N) is 1. The van der Waals surface area contributed by atoms with Gasteiger partial charge in [0.05, 0.1) is 12.6 Å². The first-order valence-corrected chi connectivity index (χ1v) is 11.0. The van der Waals surface area contributed by atoms with Gasteiger partial charge in [0.1, 0.15) is 22.2 Å². The maximum absolute atomic E-state index is 14.5. The first-order chi connectivity index (χ1) is 15.7. The number of methoxy groups -OCH3 is 2. The van der Waals surface area contributed by atoms with Gasteiger partial charge in [-0.2, -0.15) is 0 Å². The molecule has 0 radical (unpaired) electrons. The number of aliphatic hydroxyl groups is 1. The molecule has 1 spiro atoms. The Morgan fingerprint density at radius 3 is 2.76 bits per heavy atom. The molecule has 10 heteroatoms. The Labute approximate surface area is 196 Å². The van der Waals surface area contributed by atoms with E-state index in [2.05, 4.69) is 5.32 Å². The second-order valence-corrected chi connectivity index (χ2v) is 9.23. The number of aliphatic hydroxyl groups excluding tert-OH is 1. The fourth-order valence-corrected chi connectivity index (χ4v) is 5.29. The maximum Gasteiger partial charge on any atom is 0.273 e. The normalized spacial score (nSPS) is 24.5. The van der Waals surface area contributed by atoms with Crippen LogP contribution in [0.3, 0.4) is 0 Å². The van der Waals surface area contributed by atoms with Gasteiger partial charge in [-0.1, -0.05) is 17.7 Å². The Hall–Kier alpha value is -2.78. The Morgan fingerprint density at radius 2 is 2.09 bits per heavy atom. The molecule has 4 rings (SSSR count). The number of hydrogen-bond donors (Lipinski definition) is 2. The highest BCUT2D eigenvalue weighted by Gasteiger charge is 2.55. The molecule has 2 heterocycles. The predicted molar refractivity (Wildman–Crippen MR) is 119 cm³/mol. The van der Waals surface area contributed by atoms with Crippen LogP contribution < -0.4 is 10.1 Å². The first kappa shape index (κ1) is 23.4. The second-order valence-electron chi connectivity index (χ2n) is 8.85. The Bertz CT molecular complexity index is 1050. The number of benzene rings is 1. The van der Waals surface area contributed by atoms with E-state index in [-0.39, 0.29) is 46.7 Å². The number of piperazine rings is 1. The maximum atomic E-state index is 14.5. The quantitative estimate of drug-likeness (QED) is 0.652. The van der Waals surface area contributed by atoms with Crippen LogP contribution in [0.15, 0.2) is 35.4 Å². The number of carbonyl (C=O) groups excluding carboxylic acids is 2. The van der Waals surface area contributed by atoms with Crippen molar-refractivity contribution in [1.82, 2.24) is 15.1 Å². The van der Waals surface area contributed by atoms with E-state index < -0.39 is 17.3 Å². The number of amides is 2. The summed E-state index contributed by atoms with van der Waals surface area (Å²) in [6.07, 6.45) is 3.11. The fourth-order valence-electron chi connectivity index (χ4n) is 5.03. The second kappa shape index (κ2) is 8.87. The summed E-state index contributed by atoms with van der Waals surface area (Å²) in [6.45, 7) is 1.01. The van der Waals surface area contributed by atoms with Gasteiger partial charge in [0.25, 0.3) is 5.91 Å². The third-order valence-electron chi connectivity index (χ3n) is 6.57. The number of allylic oxidation sites excluding steroid dienone is 1. The summed E-state index contributed by atoms with van der Waals surface area (Å²) < 4.78 is 24.7. The molecule has 3 aliphatic rings. The number of likely N-dealkylation sites (N-methyl/N-ethyl adjacent to an activating group) is 1. The van der Waals surface area contributed by atoms with E-state index in [9.17, 15) is 19.1 Å². The highest BCUT2D eigenvalue weighted by atomic mass is 35.5. The zero-order valence-electron chi connectivity index (χ0n) is 18.8. The van der Waals surface area contributed by atoms with Gasteiger partial charge in [-0.25, -0.2) is 4.39 Å². The topological polar surface area (TPSA) is 91.3 Å². The fraction of sp³-hybridized carbons (Fsp3) is 0.478. The van der Waals surface area contributed by atoms with Crippen LogP contribution in [-0.2, 0) is 20.9 Å². The number of rotatable bonds is 6. The van der Waals surface area contributed by atoms with Gasteiger partial charge in [-0.05, 0) is 24.8 Å². The van der Waals surface area contributed by atoms with E-state index in [0.717, 1.165) is 12.8 Å². The van der Waals surface area contributed by atoms with Gasteiger partial charge in [0, 0.05) is 57.6 Å². The molecule has 2 N–H and O–H groups in total. The third-order valence-corrected chi connectivity index (χ3v) is 6.92. The summed E-state index contributed by atoms with van der Waals surface area (Å²) in [5.41, 5.74) is 0.322. The highest BCUT2D eigenvalue weighted by molar-refractivity contribution is 6.32. The minimum atomic E-state index is -0.666. The van der Waals surface area contributed by atoms with Gasteiger partial charge in [-0.3, -0.25) is 9.59 Å². The lowest BCUT2D eigenvalue weighted by Gasteiger charge is -2.59. The van der Waals surface area contributed by atoms with Crippen molar-refractivity contribution in [3.8, 4) is 5.75 Å². The van der Waals surface area contributed by atoms with Crippen LogP contribution in [0, 0.1) is 11.7 Å². The van der Waals surface area contributed by atoms with Crippen LogP contribution in [0.4, 0.5) is 4.39 Å². The average Bonchev–Trinajstić information content (AvgIpc) is 2.76. The van der Waals surface area contributed by atoms with Gasteiger partial charge in [0.2, 0.25) is 5.91 Å². The monoisotopic (exact) mass is 479 g/mol. The van der Waals surface area contributed by atoms with Gasteiger partial charge < -0.3 is 29.7 Å². The molecule has 0 bridgehead atoms. The number of nitrogens with zero attached hydrogens (tertiary/aromatic N) is 2. The Kier molecular flexibility index (Phi) is 6.28. The molecule has 178 valence electrons. The molecule has 8 nitrogen and oxygen atoms in total. The lowest BCUT2D eigenvalue weighted by atomic mass is 9.65. The van der Waals surface area contributed by atoms with Gasteiger partial charge >= 0.3 is 0 Å². The predicted octanol–water partition coefficient (Wildman–Crippen LogP) is 2.73. The van der Waals surface area contributed by atoms with Crippen molar-refractivity contribution in [2.45, 2.75) is 31.3 Å². The Balaban J connectivity index is 1.53. The Morgan fingerprint density at radius 1 is 1.36 bits per heavy atom. The van der Waals surface area contributed by atoms with Crippen molar-refractivity contribution in [2.24, 2.45) is 5.92 Å². The molecule has 2 aliphatic heterocycles. The standard InChI is InChI=1S/C23H27ClFN3O5/c1-27-12-23(7-13(8-23)11-32-2)28-10-15(6-16(29)20(28)22(27)31)21(30)26-9-14-4-5-17(33-3)18(24)19(14)25/h4-5,10,13,29H,6-9,11-12H2,1-3H3,(H,26,30). The van der Waals surface area contributed by atoms with Crippen LogP contribution in [0.25, 0.3) is 0 Å². The molecule has 2 amide bonds. The molecule has 0 aromatic heterocycles. The molecule has 33 heavy (non-hydrogen) atoms. The summed E-state index contributed by atoms with van der Waals surface area (Å²) in [5.74, 6) is -0.997. The molecule has 0 unspecified atom stereocenters. The van der Waals surface area contributed by atoms with Crippen molar-refractivity contribution in [1.29, 1.82) is 0 Å². The van der Waals surface area contributed by atoms with Crippen molar-refractivity contribution in [3.05, 3.63) is 51.8 Å². The van der Waals surface area contributed by atoms with Crippen LogP contribution >= 0.6 is 11.6 Å². The van der Waals surface area contributed by atoms with Crippen molar-refractivity contribution < 1.29 is 28.6 Å². The van der Waals surface area contributed by atoms with Gasteiger partial charge in [0.15, 0.2) is 5.82 Å². The van der Waals surface area contributed by atoms with E-state index in [0.29, 0.717) is 24.6 Å². The number of hydrogen-bond acceptors (Lipinski definition) is 6. The molecule has 1 aliphatic carbocycles. The zero-order chi connectivity index (χ0) is 23.9. The van der Waals surface area contributed by atoms with Crippen LogP contribution in [0.2, 0.25) is 5.02 Å². The minimum absolute atomic E-state index is 0.0827. The minimum Gasteiger partial charge on any atom is -0.510 e. The SMILES string of the molecule is COCC1CC2(C1)CN(C)C(=O)C1=C(O)CC(C(=O)NCc3ccc(OC)c(Cl)c3F)=CN12. The molecular formula is C23H27ClFN3O5. The lowest BCUT2D eigenvalue weighted by Crippen LogP contribution is -2.67.